The van der Waals surface area contributed by atoms with Crippen molar-refractivity contribution in [2.24, 2.45) is 11.1 Å². The summed E-state index contributed by atoms with van der Waals surface area (Å²) in [4.78, 5) is 0. The van der Waals surface area contributed by atoms with Crippen LogP contribution in [0, 0.1) is 5.41 Å². The molecule has 0 amide bonds. The van der Waals surface area contributed by atoms with Crippen molar-refractivity contribution in [3.8, 4) is 0 Å². The summed E-state index contributed by atoms with van der Waals surface area (Å²) in [5.41, 5.74) is 5.14. The first kappa shape index (κ1) is 12.9. The Morgan fingerprint density at radius 3 is 2.20 bits per heavy atom. The van der Waals surface area contributed by atoms with Crippen molar-refractivity contribution in [1.82, 2.24) is 4.72 Å². The molecule has 3 N–H and O–H groups in total. The van der Waals surface area contributed by atoms with E-state index in [2.05, 4.69) is 4.72 Å². The molecule has 0 atom stereocenters. The molecular weight excluding hydrogens is 212 g/mol. The Bertz CT molecular complexity index is 313. The van der Waals surface area contributed by atoms with Crippen LogP contribution >= 0.6 is 0 Å². The predicted molar refractivity (Wildman–Crippen MR) is 62.0 cm³/mol. The van der Waals surface area contributed by atoms with Gasteiger partial charge in [0.1, 0.15) is 0 Å². The predicted octanol–water partition coefficient (Wildman–Crippen LogP) is 0.833. The highest BCUT2D eigenvalue weighted by Crippen LogP contribution is 2.55. The first-order valence-electron chi connectivity index (χ1n) is 5.46. The zero-order chi connectivity index (χ0) is 11.7. The molecule has 4 nitrogen and oxygen atoms in total. The largest absolute Gasteiger partial charge is 0.330 e. The molecule has 1 fully saturated rings. The molecule has 0 aromatic carbocycles. The molecule has 1 rings (SSSR count). The topological polar surface area (TPSA) is 72.2 Å². The molecule has 0 unspecified atom stereocenters. The molecule has 0 spiro atoms. The lowest BCUT2D eigenvalue weighted by Gasteiger charge is -2.30. The fourth-order valence-electron chi connectivity index (χ4n) is 1.98. The van der Waals surface area contributed by atoms with Crippen LogP contribution in [0.1, 0.15) is 40.0 Å². The molecule has 1 aliphatic carbocycles. The van der Waals surface area contributed by atoms with Crippen LogP contribution in [0.25, 0.3) is 0 Å². The van der Waals surface area contributed by atoms with Crippen LogP contribution in [-0.2, 0) is 10.0 Å². The number of hydrogen-bond acceptors (Lipinski definition) is 3. The van der Waals surface area contributed by atoms with Crippen molar-refractivity contribution in [3.63, 3.8) is 0 Å². The van der Waals surface area contributed by atoms with Gasteiger partial charge in [0.15, 0.2) is 0 Å². The van der Waals surface area contributed by atoms with Crippen molar-refractivity contribution >= 4 is 10.0 Å². The Labute approximate surface area is 92.7 Å². The fraction of sp³-hybridized carbons (Fsp3) is 1.00. The maximum atomic E-state index is 12.1. The van der Waals surface area contributed by atoms with Crippen molar-refractivity contribution in [2.75, 3.05) is 13.1 Å². The number of rotatable bonds is 5. The number of hydrogen-bond donors (Lipinski definition) is 2. The number of nitrogens with two attached hydrogens (primary N) is 1. The molecule has 0 radical (unpaired) electrons. The van der Waals surface area contributed by atoms with Crippen LogP contribution in [0.15, 0.2) is 0 Å². The van der Waals surface area contributed by atoms with E-state index in [-0.39, 0.29) is 5.41 Å². The fourth-order valence-corrected chi connectivity index (χ4v) is 4.12. The van der Waals surface area contributed by atoms with Crippen LogP contribution in [0.5, 0.6) is 0 Å². The zero-order valence-electron chi connectivity index (χ0n) is 9.84. The Balaban J connectivity index is 2.70. The van der Waals surface area contributed by atoms with Crippen LogP contribution in [0.2, 0.25) is 0 Å². The third kappa shape index (κ3) is 2.34. The van der Waals surface area contributed by atoms with Gasteiger partial charge in [0.25, 0.3) is 0 Å². The normalized spacial score (nSPS) is 20.3. The molecule has 1 aliphatic rings. The number of sulfonamides is 1. The smallest absolute Gasteiger partial charge is 0.217 e. The van der Waals surface area contributed by atoms with Gasteiger partial charge in [-0.25, -0.2) is 13.1 Å². The van der Waals surface area contributed by atoms with Gasteiger partial charge in [-0.3, -0.25) is 0 Å². The van der Waals surface area contributed by atoms with Gasteiger partial charge in [-0.15, -0.1) is 0 Å². The lowest BCUT2D eigenvalue weighted by molar-refractivity contribution is 0.359. The van der Waals surface area contributed by atoms with E-state index >= 15 is 0 Å². The third-order valence-electron chi connectivity index (χ3n) is 3.26. The monoisotopic (exact) mass is 234 g/mol. The summed E-state index contributed by atoms with van der Waals surface area (Å²) in [7, 11) is -3.18. The van der Waals surface area contributed by atoms with E-state index in [0.717, 1.165) is 12.8 Å². The molecule has 1 saturated carbocycles. The molecule has 0 saturated heterocycles. The Morgan fingerprint density at radius 1 is 1.33 bits per heavy atom. The summed E-state index contributed by atoms with van der Waals surface area (Å²) in [5.74, 6) is 0. The van der Waals surface area contributed by atoms with Crippen LogP contribution in [0.4, 0.5) is 0 Å². The Morgan fingerprint density at radius 2 is 1.87 bits per heavy atom. The van der Waals surface area contributed by atoms with E-state index in [9.17, 15) is 8.42 Å². The summed E-state index contributed by atoms with van der Waals surface area (Å²) in [6.45, 7) is 6.94. The first-order chi connectivity index (χ1) is 6.77. The van der Waals surface area contributed by atoms with E-state index in [4.69, 9.17) is 5.73 Å². The molecule has 0 aromatic heterocycles. The van der Waals surface area contributed by atoms with Crippen molar-refractivity contribution in [1.29, 1.82) is 0 Å². The van der Waals surface area contributed by atoms with Gasteiger partial charge in [-0.05, 0) is 31.2 Å². The van der Waals surface area contributed by atoms with E-state index in [1.165, 1.54) is 0 Å². The minimum Gasteiger partial charge on any atom is -0.330 e. The molecular formula is C10H22N2O2S. The second-order valence-electron chi connectivity index (χ2n) is 5.28. The third-order valence-corrected chi connectivity index (χ3v) is 5.89. The van der Waals surface area contributed by atoms with E-state index < -0.39 is 14.8 Å². The average Bonchev–Trinajstić information content (AvgIpc) is 2.82. The van der Waals surface area contributed by atoms with Gasteiger partial charge in [-0.1, -0.05) is 20.8 Å². The molecule has 90 valence electrons. The van der Waals surface area contributed by atoms with Gasteiger partial charge >= 0.3 is 0 Å². The van der Waals surface area contributed by atoms with Crippen molar-refractivity contribution < 1.29 is 8.42 Å². The SMILES string of the molecule is CC(C)(C)C1(S(=O)(=O)NCCCN)CC1. The van der Waals surface area contributed by atoms with Gasteiger partial charge in [-0.2, -0.15) is 0 Å². The van der Waals surface area contributed by atoms with Crippen molar-refractivity contribution in [2.45, 2.75) is 44.8 Å². The maximum absolute atomic E-state index is 12.1. The van der Waals surface area contributed by atoms with Gasteiger partial charge in [0.05, 0.1) is 4.75 Å². The van der Waals surface area contributed by atoms with E-state index in [1.54, 1.807) is 0 Å². The summed E-state index contributed by atoms with van der Waals surface area (Å²) < 4.78 is 26.3. The van der Waals surface area contributed by atoms with Gasteiger partial charge in [0, 0.05) is 6.54 Å². The van der Waals surface area contributed by atoms with Gasteiger partial charge in [0.2, 0.25) is 10.0 Å². The zero-order valence-corrected chi connectivity index (χ0v) is 10.7. The molecule has 5 heteroatoms. The first-order valence-corrected chi connectivity index (χ1v) is 6.94. The summed E-state index contributed by atoms with van der Waals surface area (Å²) in [5, 5.41) is 0. The van der Waals surface area contributed by atoms with E-state index in [0.29, 0.717) is 19.5 Å². The highest BCUT2D eigenvalue weighted by Gasteiger charge is 2.61. The minimum absolute atomic E-state index is 0.193. The molecule has 0 aliphatic heterocycles. The molecule has 0 bridgehead atoms. The standard InChI is InChI=1S/C10H22N2O2S/c1-9(2,3)10(5-6-10)15(13,14)12-8-4-7-11/h12H,4-8,11H2,1-3H3. The lowest BCUT2D eigenvalue weighted by Crippen LogP contribution is -2.44. The molecule has 15 heavy (non-hydrogen) atoms. The van der Waals surface area contributed by atoms with E-state index in [1.807, 2.05) is 20.8 Å². The average molecular weight is 234 g/mol. The summed E-state index contributed by atoms with van der Waals surface area (Å²) >= 11 is 0. The minimum atomic E-state index is -3.18. The van der Waals surface area contributed by atoms with Crippen LogP contribution < -0.4 is 10.5 Å². The Hall–Kier alpha value is -0.130. The van der Waals surface area contributed by atoms with Crippen LogP contribution in [0.3, 0.4) is 0 Å². The summed E-state index contributed by atoms with van der Waals surface area (Å²) in [6.07, 6.45) is 2.24. The Kier molecular flexibility index (Phi) is 3.48. The lowest BCUT2D eigenvalue weighted by atomic mass is 9.90. The number of nitrogens with one attached hydrogen (secondary N) is 1. The summed E-state index contributed by atoms with van der Waals surface area (Å²) in [6, 6.07) is 0. The van der Waals surface area contributed by atoms with Crippen molar-refractivity contribution in [3.05, 3.63) is 0 Å². The van der Waals surface area contributed by atoms with Crippen LogP contribution in [-0.4, -0.2) is 26.3 Å². The molecule has 0 aromatic rings. The maximum Gasteiger partial charge on any atom is 0.217 e. The quantitative estimate of drug-likeness (QED) is 0.692. The second-order valence-corrected chi connectivity index (χ2v) is 7.36. The molecule has 0 heterocycles. The highest BCUT2D eigenvalue weighted by atomic mass is 32.2. The second kappa shape index (κ2) is 4.03. The highest BCUT2D eigenvalue weighted by molar-refractivity contribution is 7.91. The van der Waals surface area contributed by atoms with Gasteiger partial charge < -0.3 is 5.73 Å².